The van der Waals surface area contributed by atoms with Gasteiger partial charge in [-0.1, -0.05) is 37.0 Å². The lowest BCUT2D eigenvalue weighted by atomic mass is 9.95. The van der Waals surface area contributed by atoms with Crippen LogP contribution in [0.2, 0.25) is 0 Å². The Hall–Kier alpha value is -3.98. The van der Waals surface area contributed by atoms with Gasteiger partial charge in [-0.3, -0.25) is 4.79 Å². The number of aryl methyl sites for hydroxylation is 2. The number of hydrogen-bond acceptors (Lipinski definition) is 8. The van der Waals surface area contributed by atoms with Crippen LogP contribution in [0.3, 0.4) is 0 Å². The number of esters is 1. The Kier molecular flexibility index (Phi) is 11.0. The highest BCUT2D eigenvalue weighted by Crippen LogP contribution is 2.28. The first-order valence-electron chi connectivity index (χ1n) is 15.7. The Bertz CT molecular complexity index is 1440. The third-order valence-electron chi connectivity index (χ3n) is 7.96. The van der Waals surface area contributed by atoms with Crippen molar-refractivity contribution in [3.05, 3.63) is 70.9 Å². The van der Waals surface area contributed by atoms with Crippen LogP contribution >= 0.6 is 0 Å². The molecule has 44 heavy (non-hydrogen) atoms. The summed E-state index contributed by atoms with van der Waals surface area (Å²) in [7, 11) is 2.13. The summed E-state index contributed by atoms with van der Waals surface area (Å²) < 4.78 is 5.31. The lowest BCUT2D eigenvalue weighted by Gasteiger charge is -2.33. The molecular weight excluding hydrogens is 552 g/mol. The highest BCUT2D eigenvalue weighted by molar-refractivity contribution is 5.99. The molecule has 9 nitrogen and oxygen atoms in total. The molecule has 236 valence electrons. The summed E-state index contributed by atoms with van der Waals surface area (Å²) in [6, 6.07) is 13.8. The van der Waals surface area contributed by atoms with Gasteiger partial charge in [0.05, 0.1) is 16.8 Å². The molecule has 9 heteroatoms. The smallest absolute Gasteiger partial charge is 0.338 e. The second-order valence-electron chi connectivity index (χ2n) is 12.9. The lowest BCUT2D eigenvalue weighted by molar-refractivity contribution is 0.00686. The zero-order chi connectivity index (χ0) is 31.9. The topological polar surface area (TPSA) is 114 Å². The molecule has 5 rings (SSSR count). The number of rotatable bonds is 6. The molecule has 1 amide bonds. The predicted octanol–water partition coefficient (Wildman–Crippen LogP) is 6.00. The van der Waals surface area contributed by atoms with Gasteiger partial charge in [0.25, 0.3) is 5.91 Å². The van der Waals surface area contributed by atoms with E-state index in [0.29, 0.717) is 22.9 Å². The summed E-state index contributed by atoms with van der Waals surface area (Å²) in [4.78, 5) is 37.7. The van der Waals surface area contributed by atoms with Crippen molar-refractivity contribution in [1.82, 2.24) is 14.9 Å². The van der Waals surface area contributed by atoms with Crippen molar-refractivity contribution >= 4 is 23.5 Å². The maximum atomic E-state index is 12.1. The van der Waals surface area contributed by atoms with E-state index < -0.39 is 11.5 Å². The maximum Gasteiger partial charge on any atom is 0.338 e. The fraction of sp³-hybridized carbons (Fsp3) is 0.486. The first-order valence-corrected chi connectivity index (χ1v) is 15.7. The Labute approximate surface area is 262 Å². The largest absolute Gasteiger partial charge is 0.456 e. The van der Waals surface area contributed by atoms with Crippen LogP contribution in [0.25, 0.3) is 11.3 Å². The van der Waals surface area contributed by atoms with Gasteiger partial charge in [0.15, 0.2) is 0 Å². The molecule has 2 aromatic heterocycles. The lowest BCUT2D eigenvalue weighted by Crippen LogP contribution is -2.44. The molecule has 1 aromatic carbocycles. The standard InChI is InChI=1S/C22H30N6O.C13H18O2/c1-27-11-13-28(14-12-27)20-8-7-18(22(23)29)21(26-20)16-9-10-24-19(15-16)25-17-5-3-2-4-6-17;1-9-6-7-11(10(2)8-9)12(14)15-13(3,4)5/h7-10,15,17H,2-6,11-14H2,1H3,(H2,23,29)(H,24,25);6-8H,1-5H3. The first kappa shape index (κ1) is 32.9. The maximum absolute atomic E-state index is 12.1. The molecular formula is C35H48N6O3. The monoisotopic (exact) mass is 600 g/mol. The number of nitrogens with two attached hydrogens (primary N) is 1. The van der Waals surface area contributed by atoms with Gasteiger partial charge in [-0.2, -0.15) is 0 Å². The van der Waals surface area contributed by atoms with Crippen LogP contribution in [-0.2, 0) is 4.74 Å². The van der Waals surface area contributed by atoms with Gasteiger partial charge < -0.3 is 25.6 Å². The van der Waals surface area contributed by atoms with Crippen LogP contribution in [0.5, 0.6) is 0 Å². The van der Waals surface area contributed by atoms with Gasteiger partial charge in [0.1, 0.15) is 17.2 Å². The van der Waals surface area contributed by atoms with Crippen LogP contribution in [0, 0.1) is 13.8 Å². The number of benzene rings is 1. The van der Waals surface area contributed by atoms with E-state index >= 15 is 0 Å². The van der Waals surface area contributed by atoms with Crippen LogP contribution in [0.1, 0.15) is 84.7 Å². The number of primary amides is 1. The van der Waals surface area contributed by atoms with Crippen molar-refractivity contribution in [3.8, 4) is 11.3 Å². The van der Waals surface area contributed by atoms with Gasteiger partial charge in [0.2, 0.25) is 0 Å². The van der Waals surface area contributed by atoms with Gasteiger partial charge >= 0.3 is 5.97 Å². The van der Waals surface area contributed by atoms with Crippen LogP contribution < -0.4 is 16.0 Å². The Morgan fingerprint density at radius 2 is 1.61 bits per heavy atom. The number of aromatic nitrogens is 2. The van der Waals surface area contributed by atoms with E-state index in [2.05, 4.69) is 27.1 Å². The summed E-state index contributed by atoms with van der Waals surface area (Å²) >= 11 is 0. The van der Waals surface area contributed by atoms with Crippen molar-refractivity contribution in [1.29, 1.82) is 0 Å². The summed E-state index contributed by atoms with van der Waals surface area (Å²) in [6.45, 7) is 13.4. The molecule has 1 saturated heterocycles. The van der Waals surface area contributed by atoms with Gasteiger partial charge in [-0.25, -0.2) is 14.8 Å². The Morgan fingerprint density at radius 3 is 2.25 bits per heavy atom. The summed E-state index contributed by atoms with van der Waals surface area (Å²) in [5.74, 6) is 1.00. The van der Waals surface area contributed by atoms with Crippen LogP contribution in [0.4, 0.5) is 11.6 Å². The molecule has 1 saturated carbocycles. The van der Waals surface area contributed by atoms with E-state index in [4.69, 9.17) is 15.5 Å². The normalized spacial score (nSPS) is 16.1. The minimum absolute atomic E-state index is 0.250. The molecule has 3 aromatic rings. The van der Waals surface area contributed by atoms with Crippen LogP contribution in [-0.4, -0.2) is 71.6 Å². The molecule has 0 spiro atoms. The highest BCUT2D eigenvalue weighted by Gasteiger charge is 2.21. The number of nitrogens with one attached hydrogen (secondary N) is 1. The number of carbonyl (C=O) groups is 2. The molecule has 0 bridgehead atoms. The number of piperazine rings is 1. The Balaban J connectivity index is 0.000000249. The second kappa shape index (κ2) is 14.7. The molecule has 2 aliphatic rings. The number of pyridine rings is 2. The van der Waals surface area contributed by atoms with Crippen molar-refractivity contribution in [2.45, 2.75) is 78.4 Å². The number of hydrogen-bond donors (Lipinski definition) is 2. The Morgan fingerprint density at radius 1 is 0.932 bits per heavy atom. The zero-order valence-corrected chi connectivity index (χ0v) is 27.2. The number of amides is 1. The SMILES string of the molecule is CN1CCN(c2ccc(C(N)=O)c(-c3ccnc(NC4CCCCC4)c3)n2)CC1.Cc1ccc(C(=O)OC(C)(C)C)c(C)c1. The quantitative estimate of drug-likeness (QED) is 0.332. The molecule has 0 atom stereocenters. The second-order valence-corrected chi connectivity index (χ2v) is 12.9. The van der Waals surface area contributed by atoms with Crippen molar-refractivity contribution in [3.63, 3.8) is 0 Å². The van der Waals surface area contributed by atoms with Crippen LogP contribution in [0.15, 0.2) is 48.7 Å². The minimum Gasteiger partial charge on any atom is -0.456 e. The zero-order valence-electron chi connectivity index (χ0n) is 27.2. The van der Waals surface area contributed by atoms with Crippen molar-refractivity contribution < 1.29 is 14.3 Å². The molecule has 2 fully saturated rings. The molecule has 3 N–H and O–H groups in total. The number of nitrogens with zero attached hydrogens (tertiary/aromatic N) is 4. The fourth-order valence-electron chi connectivity index (χ4n) is 5.57. The highest BCUT2D eigenvalue weighted by atomic mass is 16.6. The third-order valence-corrected chi connectivity index (χ3v) is 7.96. The molecule has 0 radical (unpaired) electrons. The summed E-state index contributed by atoms with van der Waals surface area (Å²) in [5.41, 5.74) is 9.92. The fourth-order valence-corrected chi connectivity index (χ4v) is 5.57. The average molecular weight is 601 g/mol. The number of likely N-dealkylation sites (N-methyl/N-ethyl adjacent to an activating group) is 1. The molecule has 0 unspecified atom stereocenters. The van der Waals surface area contributed by atoms with E-state index in [0.717, 1.165) is 54.5 Å². The summed E-state index contributed by atoms with van der Waals surface area (Å²) in [5, 5.41) is 3.55. The predicted molar refractivity (Wildman–Crippen MR) is 177 cm³/mol. The van der Waals surface area contributed by atoms with Gasteiger partial charge in [-0.05, 0) is 90.4 Å². The van der Waals surface area contributed by atoms with Gasteiger partial charge in [-0.15, -0.1) is 0 Å². The van der Waals surface area contributed by atoms with E-state index in [1.807, 2.05) is 71.0 Å². The summed E-state index contributed by atoms with van der Waals surface area (Å²) in [6.07, 6.45) is 7.97. The number of ether oxygens (including phenoxy) is 1. The first-order chi connectivity index (χ1) is 20.9. The van der Waals surface area contributed by atoms with E-state index in [1.165, 1.54) is 32.1 Å². The van der Waals surface area contributed by atoms with E-state index in [9.17, 15) is 9.59 Å². The third kappa shape index (κ3) is 9.26. The molecule has 1 aliphatic carbocycles. The number of carbonyl (C=O) groups excluding carboxylic acids is 2. The minimum atomic E-state index is -0.462. The molecule has 1 aliphatic heterocycles. The average Bonchev–Trinajstić information content (AvgIpc) is 2.97. The molecule has 3 heterocycles. The van der Waals surface area contributed by atoms with Crippen molar-refractivity contribution in [2.24, 2.45) is 5.73 Å². The van der Waals surface area contributed by atoms with Crippen molar-refractivity contribution in [2.75, 3.05) is 43.4 Å². The van der Waals surface area contributed by atoms with E-state index in [-0.39, 0.29) is 5.97 Å². The van der Waals surface area contributed by atoms with E-state index in [1.54, 1.807) is 12.3 Å². The number of anilines is 2. The van der Waals surface area contributed by atoms with Gasteiger partial charge in [0, 0.05) is 44.0 Å².